The van der Waals surface area contributed by atoms with Gasteiger partial charge < -0.3 is 19.5 Å². The summed E-state index contributed by atoms with van der Waals surface area (Å²) >= 11 is 0. The van der Waals surface area contributed by atoms with Gasteiger partial charge in [-0.05, 0) is 50.8 Å². The molecule has 0 saturated carbocycles. The molecule has 0 saturated heterocycles. The molecule has 0 aliphatic heterocycles. The molecule has 0 bridgehead atoms. The molecule has 0 fully saturated rings. The van der Waals surface area contributed by atoms with Gasteiger partial charge in [0.15, 0.2) is 5.69 Å². The summed E-state index contributed by atoms with van der Waals surface area (Å²) in [6, 6.07) is 6.90. The number of nitrogens with one attached hydrogen (secondary N) is 1. The van der Waals surface area contributed by atoms with Gasteiger partial charge in [-0.2, -0.15) is 5.10 Å². The number of rotatable bonds is 10. The summed E-state index contributed by atoms with van der Waals surface area (Å²) in [5.41, 5.74) is 1.13. The number of hydrogen-bond acceptors (Lipinski definition) is 6. The molecule has 2 rings (SSSR count). The number of carbonyl (C=O) groups excluding carboxylic acids is 2. The van der Waals surface area contributed by atoms with Gasteiger partial charge in [-0.25, -0.2) is 0 Å². The van der Waals surface area contributed by atoms with Crippen LogP contribution >= 0.6 is 0 Å². The summed E-state index contributed by atoms with van der Waals surface area (Å²) in [6.45, 7) is 14.2. The van der Waals surface area contributed by atoms with Crippen molar-refractivity contribution in [3.8, 4) is 22.8 Å². The zero-order valence-corrected chi connectivity index (χ0v) is 21.9. The molecule has 2 aromatic rings. The van der Waals surface area contributed by atoms with Crippen molar-refractivity contribution in [2.24, 2.45) is 11.8 Å². The Balaban J connectivity index is 2.40. The molecule has 188 valence electrons. The van der Waals surface area contributed by atoms with Crippen LogP contribution in [0.15, 0.2) is 24.3 Å². The first-order chi connectivity index (χ1) is 15.9. The molecule has 1 atom stereocenters. The Morgan fingerprint density at radius 2 is 1.65 bits per heavy atom. The summed E-state index contributed by atoms with van der Waals surface area (Å²) in [6.07, 6.45) is 0.0839. The number of aromatic nitrogens is 2. The van der Waals surface area contributed by atoms with Crippen LogP contribution in [0, 0.1) is 11.8 Å². The number of esters is 1. The predicted octanol–water partition coefficient (Wildman–Crippen LogP) is 4.71. The van der Waals surface area contributed by atoms with Gasteiger partial charge in [-0.15, -0.1) is 0 Å². The van der Waals surface area contributed by atoms with E-state index in [1.165, 1.54) is 0 Å². The van der Waals surface area contributed by atoms with Crippen LogP contribution in [0.5, 0.6) is 11.5 Å². The van der Waals surface area contributed by atoms with Crippen LogP contribution in [0.3, 0.4) is 0 Å². The first kappa shape index (κ1) is 27.2. The van der Waals surface area contributed by atoms with Crippen molar-refractivity contribution in [3.63, 3.8) is 0 Å². The van der Waals surface area contributed by atoms with Gasteiger partial charge in [0.05, 0.1) is 31.9 Å². The summed E-state index contributed by atoms with van der Waals surface area (Å²) < 4.78 is 18.4. The summed E-state index contributed by atoms with van der Waals surface area (Å²) in [4.78, 5) is 25.6. The quantitative estimate of drug-likeness (QED) is 0.503. The van der Waals surface area contributed by atoms with Gasteiger partial charge >= 0.3 is 5.97 Å². The van der Waals surface area contributed by atoms with E-state index in [1.54, 1.807) is 25.0 Å². The first-order valence-corrected chi connectivity index (χ1v) is 11.7. The Morgan fingerprint density at radius 1 is 1.06 bits per heavy atom. The van der Waals surface area contributed by atoms with Crippen LogP contribution in [0.25, 0.3) is 11.3 Å². The van der Waals surface area contributed by atoms with Crippen LogP contribution in [0.1, 0.15) is 65.4 Å². The van der Waals surface area contributed by atoms with Crippen LogP contribution in [0.4, 0.5) is 0 Å². The SMILES string of the molecule is COc1cccc(OC)c1-c1cc(C(=O)NC(CC(=O)OC(C)(C)C)C(C)C)nn1CC(C)C. The second-order valence-electron chi connectivity index (χ2n) is 10.1. The standard InChI is InChI=1S/C26H39N3O5/c1-16(2)15-29-20(24-21(32-8)11-10-12-22(24)33-9)13-19(28-29)25(31)27-18(17(3)4)14-23(30)34-26(5,6)7/h10-13,16-18H,14-15H2,1-9H3,(H,27,31). The molecule has 1 aromatic heterocycles. The van der Waals surface area contributed by atoms with E-state index >= 15 is 0 Å². The minimum absolute atomic E-state index is 0.0306. The lowest BCUT2D eigenvalue weighted by atomic mass is 10.0. The van der Waals surface area contributed by atoms with E-state index in [4.69, 9.17) is 14.2 Å². The van der Waals surface area contributed by atoms with Crippen molar-refractivity contribution < 1.29 is 23.8 Å². The number of carbonyl (C=O) groups is 2. The van der Waals surface area contributed by atoms with Crippen LogP contribution < -0.4 is 14.8 Å². The molecule has 0 aliphatic carbocycles. The maximum absolute atomic E-state index is 13.2. The molecule has 8 heteroatoms. The Morgan fingerprint density at radius 3 is 2.12 bits per heavy atom. The topological polar surface area (TPSA) is 91.7 Å². The molecule has 0 spiro atoms. The molecule has 0 aliphatic rings. The molecule has 1 unspecified atom stereocenters. The van der Waals surface area contributed by atoms with Crippen molar-refractivity contribution in [3.05, 3.63) is 30.0 Å². The second-order valence-corrected chi connectivity index (χ2v) is 10.1. The van der Waals surface area contributed by atoms with Gasteiger partial charge in [-0.3, -0.25) is 14.3 Å². The number of ether oxygens (including phenoxy) is 3. The van der Waals surface area contributed by atoms with E-state index in [-0.39, 0.29) is 36.0 Å². The highest BCUT2D eigenvalue weighted by atomic mass is 16.6. The lowest BCUT2D eigenvalue weighted by molar-refractivity contribution is -0.155. The fourth-order valence-electron chi connectivity index (χ4n) is 3.58. The summed E-state index contributed by atoms with van der Waals surface area (Å²) in [5, 5.41) is 7.58. The smallest absolute Gasteiger partial charge is 0.308 e. The Hall–Kier alpha value is -3.03. The van der Waals surface area contributed by atoms with Gasteiger partial charge in [0, 0.05) is 12.6 Å². The van der Waals surface area contributed by atoms with Gasteiger partial charge in [0.1, 0.15) is 17.1 Å². The van der Waals surface area contributed by atoms with Crippen molar-refractivity contribution in [1.29, 1.82) is 0 Å². The van der Waals surface area contributed by atoms with Crippen molar-refractivity contribution >= 4 is 11.9 Å². The molecule has 1 amide bonds. The molecule has 34 heavy (non-hydrogen) atoms. The molecule has 1 N–H and O–H groups in total. The van der Waals surface area contributed by atoms with E-state index in [9.17, 15) is 9.59 Å². The molecule has 1 aromatic carbocycles. The highest BCUT2D eigenvalue weighted by Gasteiger charge is 2.27. The average molecular weight is 474 g/mol. The van der Waals surface area contributed by atoms with Gasteiger partial charge in [-0.1, -0.05) is 33.8 Å². The summed E-state index contributed by atoms with van der Waals surface area (Å²) in [7, 11) is 3.19. The third-order valence-corrected chi connectivity index (χ3v) is 5.16. The normalized spacial score (nSPS) is 12.6. The minimum atomic E-state index is -0.582. The summed E-state index contributed by atoms with van der Waals surface area (Å²) in [5.74, 6) is 0.882. The Labute approximate surface area is 203 Å². The Kier molecular flexibility index (Phi) is 9.13. The highest BCUT2D eigenvalue weighted by Crippen LogP contribution is 2.38. The molecular weight excluding hydrogens is 434 g/mol. The zero-order valence-electron chi connectivity index (χ0n) is 21.9. The zero-order chi connectivity index (χ0) is 25.6. The maximum atomic E-state index is 13.2. The molecule has 8 nitrogen and oxygen atoms in total. The average Bonchev–Trinajstić information content (AvgIpc) is 3.13. The maximum Gasteiger partial charge on any atom is 0.308 e. The lowest BCUT2D eigenvalue weighted by Crippen LogP contribution is -2.41. The molecular formula is C26H39N3O5. The lowest BCUT2D eigenvalue weighted by Gasteiger charge is -2.24. The van der Waals surface area contributed by atoms with Crippen molar-refractivity contribution in [2.75, 3.05) is 14.2 Å². The van der Waals surface area contributed by atoms with Crippen LogP contribution in [-0.4, -0.2) is 47.5 Å². The van der Waals surface area contributed by atoms with Gasteiger partial charge in [0.25, 0.3) is 5.91 Å². The first-order valence-electron chi connectivity index (χ1n) is 11.7. The van der Waals surface area contributed by atoms with E-state index < -0.39 is 5.60 Å². The van der Waals surface area contributed by atoms with Crippen LogP contribution in [-0.2, 0) is 16.1 Å². The number of hydrogen-bond donors (Lipinski definition) is 1. The number of nitrogens with zero attached hydrogens (tertiary/aromatic N) is 2. The second kappa shape index (κ2) is 11.4. The minimum Gasteiger partial charge on any atom is -0.496 e. The third kappa shape index (κ3) is 7.23. The van der Waals surface area contributed by atoms with Crippen LogP contribution in [0.2, 0.25) is 0 Å². The fraction of sp³-hybridized carbons (Fsp3) is 0.577. The number of benzene rings is 1. The van der Waals surface area contributed by atoms with Crippen molar-refractivity contribution in [2.45, 2.75) is 73.1 Å². The van der Waals surface area contributed by atoms with E-state index in [0.717, 1.165) is 11.3 Å². The molecule has 1 heterocycles. The Bertz CT molecular complexity index is 967. The van der Waals surface area contributed by atoms with Crippen molar-refractivity contribution in [1.82, 2.24) is 15.1 Å². The van der Waals surface area contributed by atoms with E-state index in [2.05, 4.69) is 24.3 Å². The predicted molar refractivity (Wildman–Crippen MR) is 132 cm³/mol. The fourth-order valence-corrected chi connectivity index (χ4v) is 3.58. The largest absolute Gasteiger partial charge is 0.496 e. The van der Waals surface area contributed by atoms with E-state index in [0.29, 0.717) is 24.0 Å². The monoisotopic (exact) mass is 473 g/mol. The van der Waals surface area contributed by atoms with Gasteiger partial charge in [0.2, 0.25) is 0 Å². The highest BCUT2D eigenvalue weighted by molar-refractivity contribution is 5.94. The number of methoxy groups -OCH3 is 2. The molecule has 0 radical (unpaired) electrons. The third-order valence-electron chi connectivity index (χ3n) is 5.16. The number of amides is 1. The van der Waals surface area contributed by atoms with E-state index in [1.807, 2.05) is 52.8 Å².